The molecule has 5 nitrogen and oxygen atoms in total. The van der Waals surface area contributed by atoms with Crippen LogP contribution < -0.4 is 4.74 Å². The van der Waals surface area contributed by atoms with Crippen molar-refractivity contribution in [2.75, 3.05) is 0 Å². The summed E-state index contributed by atoms with van der Waals surface area (Å²) in [6.07, 6.45) is 0. The van der Waals surface area contributed by atoms with Gasteiger partial charge in [-0.2, -0.15) is 0 Å². The fourth-order valence-corrected chi connectivity index (χ4v) is 2.15. The number of nitro benzene ring substituents is 1. The van der Waals surface area contributed by atoms with Crippen LogP contribution in [-0.4, -0.2) is 9.91 Å². The molecule has 6 heteroatoms. The number of fused-ring (bicyclic) bond motifs is 1. The number of aromatic nitrogens is 1. The molecule has 0 saturated heterocycles. The number of hydrogen-bond donors (Lipinski definition) is 0. The fraction of sp³-hybridized carbons (Fsp3) is 0. The lowest BCUT2D eigenvalue weighted by Crippen LogP contribution is -1.90. The number of halogens is 1. The van der Waals surface area contributed by atoms with E-state index < -0.39 is 4.92 Å². The average molecular weight is 345 g/mol. The van der Waals surface area contributed by atoms with E-state index in [9.17, 15) is 10.1 Å². The summed E-state index contributed by atoms with van der Waals surface area (Å²) >= 11 is 3.36. The Morgan fingerprint density at radius 1 is 1.05 bits per heavy atom. The molecule has 0 N–H and O–H groups in total. The smallest absolute Gasteiger partial charge is 0.270 e. The minimum Gasteiger partial charge on any atom is -0.439 e. The topological polar surface area (TPSA) is 65.3 Å². The summed E-state index contributed by atoms with van der Waals surface area (Å²) in [6, 6.07) is 15.4. The van der Waals surface area contributed by atoms with E-state index in [1.54, 1.807) is 18.2 Å². The summed E-state index contributed by atoms with van der Waals surface area (Å²) in [4.78, 5) is 14.6. The Morgan fingerprint density at radius 3 is 2.52 bits per heavy atom. The summed E-state index contributed by atoms with van der Waals surface area (Å²) in [5, 5.41) is 11.4. The monoisotopic (exact) mass is 344 g/mol. The highest BCUT2D eigenvalue weighted by atomic mass is 79.9. The van der Waals surface area contributed by atoms with Crippen LogP contribution in [0.25, 0.3) is 10.9 Å². The van der Waals surface area contributed by atoms with Gasteiger partial charge < -0.3 is 4.74 Å². The molecule has 3 rings (SSSR count). The van der Waals surface area contributed by atoms with Gasteiger partial charge in [-0.1, -0.05) is 15.9 Å². The number of pyridine rings is 1. The van der Waals surface area contributed by atoms with E-state index in [1.807, 2.05) is 24.3 Å². The SMILES string of the molecule is O=[N+]([O-])c1ccc2nc(Oc3ccc(Br)cc3)ccc2c1. The van der Waals surface area contributed by atoms with Crippen LogP contribution in [0.3, 0.4) is 0 Å². The first kappa shape index (κ1) is 13.5. The lowest BCUT2D eigenvalue weighted by Gasteiger charge is -2.06. The van der Waals surface area contributed by atoms with Gasteiger partial charge in [-0.3, -0.25) is 10.1 Å². The molecule has 0 radical (unpaired) electrons. The molecule has 0 spiro atoms. The van der Waals surface area contributed by atoms with Crippen LogP contribution in [0, 0.1) is 10.1 Å². The molecule has 21 heavy (non-hydrogen) atoms. The van der Waals surface area contributed by atoms with Crippen LogP contribution in [-0.2, 0) is 0 Å². The van der Waals surface area contributed by atoms with Gasteiger partial charge in [0, 0.05) is 28.1 Å². The van der Waals surface area contributed by atoms with Gasteiger partial charge in [0.1, 0.15) is 5.75 Å². The van der Waals surface area contributed by atoms with Crippen LogP contribution in [0.5, 0.6) is 11.6 Å². The van der Waals surface area contributed by atoms with Gasteiger partial charge in [-0.15, -0.1) is 0 Å². The number of hydrogen-bond acceptors (Lipinski definition) is 4. The third-order valence-electron chi connectivity index (χ3n) is 2.89. The molecule has 1 heterocycles. The average Bonchev–Trinajstić information content (AvgIpc) is 2.49. The van der Waals surface area contributed by atoms with Gasteiger partial charge in [0.05, 0.1) is 10.4 Å². The molecule has 1 aromatic heterocycles. The largest absolute Gasteiger partial charge is 0.439 e. The minimum absolute atomic E-state index is 0.0471. The standard InChI is InChI=1S/C15H9BrN2O3/c16-11-2-5-13(6-3-11)21-15-8-1-10-9-12(18(19)20)4-7-14(10)17-15/h1-9H. The molecule has 2 aromatic carbocycles. The molecule has 0 aliphatic carbocycles. The Balaban J connectivity index is 1.92. The van der Waals surface area contributed by atoms with Crippen molar-refractivity contribution in [3.05, 3.63) is 69.2 Å². The van der Waals surface area contributed by atoms with Crippen molar-refractivity contribution in [1.82, 2.24) is 4.98 Å². The van der Waals surface area contributed by atoms with Crippen molar-refractivity contribution in [1.29, 1.82) is 0 Å². The number of rotatable bonds is 3. The molecular weight excluding hydrogens is 336 g/mol. The number of non-ortho nitro benzene ring substituents is 1. The van der Waals surface area contributed by atoms with E-state index >= 15 is 0 Å². The minimum atomic E-state index is -0.425. The molecule has 0 aliphatic rings. The highest BCUT2D eigenvalue weighted by Gasteiger charge is 2.07. The van der Waals surface area contributed by atoms with Gasteiger partial charge in [0.15, 0.2) is 0 Å². The Bertz CT molecular complexity index is 819. The van der Waals surface area contributed by atoms with Gasteiger partial charge in [0.25, 0.3) is 5.69 Å². The zero-order chi connectivity index (χ0) is 14.8. The number of benzene rings is 2. The molecule has 0 aliphatic heterocycles. The predicted octanol–water partition coefficient (Wildman–Crippen LogP) is 4.70. The first-order valence-corrected chi connectivity index (χ1v) is 6.90. The second kappa shape index (κ2) is 5.49. The highest BCUT2D eigenvalue weighted by Crippen LogP contribution is 2.25. The van der Waals surface area contributed by atoms with E-state index in [1.165, 1.54) is 12.1 Å². The van der Waals surface area contributed by atoms with E-state index in [-0.39, 0.29) is 5.69 Å². The molecule has 0 unspecified atom stereocenters. The van der Waals surface area contributed by atoms with Crippen molar-refractivity contribution in [3.63, 3.8) is 0 Å². The van der Waals surface area contributed by atoms with Crippen LogP contribution in [0.15, 0.2) is 59.1 Å². The summed E-state index contributed by atoms with van der Waals surface area (Å²) < 4.78 is 6.62. The quantitative estimate of drug-likeness (QED) is 0.510. The zero-order valence-electron chi connectivity index (χ0n) is 10.7. The molecule has 104 valence electrons. The first-order valence-electron chi connectivity index (χ1n) is 6.10. The molecular formula is C15H9BrN2O3. The molecule has 3 aromatic rings. The molecule has 0 fully saturated rings. The summed E-state index contributed by atoms with van der Waals surface area (Å²) in [6.45, 7) is 0. The van der Waals surface area contributed by atoms with Crippen LogP contribution in [0.4, 0.5) is 5.69 Å². The van der Waals surface area contributed by atoms with E-state index in [4.69, 9.17) is 4.74 Å². The number of ether oxygens (including phenoxy) is 1. The van der Waals surface area contributed by atoms with Gasteiger partial charge >= 0.3 is 0 Å². The van der Waals surface area contributed by atoms with Gasteiger partial charge in [0.2, 0.25) is 5.88 Å². The van der Waals surface area contributed by atoms with Crippen molar-refractivity contribution < 1.29 is 9.66 Å². The summed E-state index contributed by atoms with van der Waals surface area (Å²) in [5.74, 6) is 1.12. The normalized spacial score (nSPS) is 10.5. The summed E-state index contributed by atoms with van der Waals surface area (Å²) in [5.41, 5.74) is 0.695. The molecule has 0 atom stereocenters. The van der Waals surface area contributed by atoms with Crippen LogP contribution >= 0.6 is 15.9 Å². The maximum atomic E-state index is 10.7. The fourth-order valence-electron chi connectivity index (χ4n) is 1.89. The Morgan fingerprint density at radius 2 is 1.81 bits per heavy atom. The Labute approximate surface area is 128 Å². The maximum absolute atomic E-state index is 10.7. The van der Waals surface area contributed by atoms with Gasteiger partial charge in [-0.25, -0.2) is 4.98 Å². The highest BCUT2D eigenvalue weighted by molar-refractivity contribution is 9.10. The predicted molar refractivity (Wildman–Crippen MR) is 82.6 cm³/mol. The third kappa shape index (κ3) is 3.00. The van der Waals surface area contributed by atoms with Crippen molar-refractivity contribution >= 4 is 32.5 Å². The molecule has 0 amide bonds. The van der Waals surface area contributed by atoms with Crippen LogP contribution in [0.1, 0.15) is 0 Å². The van der Waals surface area contributed by atoms with Crippen molar-refractivity contribution in [2.45, 2.75) is 0 Å². The van der Waals surface area contributed by atoms with E-state index in [2.05, 4.69) is 20.9 Å². The summed E-state index contributed by atoms with van der Waals surface area (Å²) in [7, 11) is 0. The Hall–Kier alpha value is -2.47. The van der Waals surface area contributed by atoms with Crippen molar-refractivity contribution in [2.24, 2.45) is 0 Å². The number of nitrogens with zero attached hydrogens (tertiary/aromatic N) is 2. The molecule has 0 bridgehead atoms. The first-order chi connectivity index (χ1) is 10.1. The lowest BCUT2D eigenvalue weighted by atomic mass is 10.2. The lowest BCUT2D eigenvalue weighted by molar-refractivity contribution is -0.384. The second-order valence-corrected chi connectivity index (χ2v) is 5.26. The Kier molecular flexibility index (Phi) is 3.53. The van der Waals surface area contributed by atoms with Crippen molar-refractivity contribution in [3.8, 4) is 11.6 Å². The van der Waals surface area contributed by atoms with Gasteiger partial charge in [-0.05, 0) is 36.4 Å². The van der Waals surface area contributed by atoms with Crippen LogP contribution in [0.2, 0.25) is 0 Å². The second-order valence-electron chi connectivity index (χ2n) is 4.34. The number of nitro groups is 1. The molecule has 0 saturated carbocycles. The zero-order valence-corrected chi connectivity index (χ0v) is 12.3. The van der Waals surface area contributed by atoms with E-state index in [0.717, 1.165) is 4.47 Å². The third-order valence-corrected chi connectivity index (χ3v) is 3.42. The van der Waals surface area contributed by atoms with E-state index in [0.29, 0.717) is 22.5 Å². The maximum Gasteiger partial charge on any atom is 0.270 e.